The maximum absolute atomic E-state index is 11.3. The molecule has 4 nitrogen and oxygen atoms in total. The van der Waals surface area contributed by atoms with E-state index in [2.05, 4.69) is 24.7 Å². The average Bonchev–Trinajstić information content (AvgIpc) is 2.66. The van der Waals surface area contributed by atoms with Crippen LogP contribution in [0, 0.1) is 11.8 Å². The summed E-state index contributed by atoms with van der Waals surface area (Å²) in [6, 6.07) is 8.06. The lowest BCUT2D eigenvalue weighted by Gasteiger charge is -2.56. The third-order valence-corrected chi connectivity index (χ3v) is 6.56. The predicted octanol–water partition coefficient (Wildman–Crippen LogP) is 0.322. The zero-order valence-electron chi connectivity index (χ0n) is 15.4. The van der Waals surface area contributed by atoms with E-state index < -0.39 is 6.10 Å². The molecule has 3 fully saturated rings. The van der Waals surface area contributed by atoms with Crippen molar-refractivity contribution < 1.29 is 38.3 Å². The van der Waals surface area contributed by atoms with Crippen molar-refractivity contribution in [2.24, 2.45) is 11.8 Å². The van der Waals surface area contributed by atoms with E-state index in [0.29, 0.717) is 11.8 Å². The Balaban J connectivity index is 0.00000196. The molecule has 3 saturated heterocycles. The summed E-state index contributed by atoms with van der Waals surface area (Å²) in [6.07, 6.45) is 5.73. The lowest BCUT2D eigenvalue weighted by molar-refractivity contribution is -0.956. The van der Waals surface area contributed by atoms with Crippen LogP contribution in [0.25, 0.3) is 10.9 Å². The molecule has 26 heavy (non-hydrogen) atoms. The minimum Gasteiger partial charge on any atom is -1.00 e. The van der Waals surface area contributed by atoms with Crippen LogP contribution in [0.3, 0.4) is 0 Å². The first-order valence-corrected chi connectivity index (χ1v) is 9.13. The summed E-state index contributed by atoms with van der Waals surface area (Å²) in [5, 5.41) is 12.3. The van der Waals surface area contributed by atoms with Crippen molar-refractivity contribution in [2.45, 2.75) is 25.0 Å². The highest BCUT2D eigenvalue weighted by Crippen LogP contribution is 2.45. The molecule has 5 atom stereocenters. The van der Waals surface area contributed by atoms with Gasteiger partial charge in [-0.25, -0.2) is 0 Å². The van der Waals surface area contributed by atoms with Crippen LogP contribution in [-0.4, -0.2) is 47.9 Å². The molecule has 3 aliphatic rings. The van der Waals surface area contributed by atoms with Gasteiger partial charge in [-0.15, -0.1) is 6.58 Å². The lowest BCUT2D eigenvalue weighted by Crippen LogP contribution is -3.00. The van der Waals surface area contributed by atoms with Crippen molar-refractivity contribution in [3.05, 3.63) is 48.7 Å². The van der Waals surface area contributed by atoms with Crippen molar-refractivity contribution in [1.29, 1.82) is 0 Å². The van der Waals surface area contributed by atoms with Crippen LogP contribution in [-0.2, 0) is 0 Å². The Kier molecular flexibility index (Phi) is 5.61. The zero-order chi connectivity index (χ0) is 17.6. The minimum absolute atomic E-state index is 0. The number of fused-ring (bicyclic) bond motifs is 4. The first-order chi connectivity index (χ1) is 12.1. The Morgan fingerprint density at radius 1 is 1.38 bits per heavy atom. The molecule has 2 bridgehead atoms. The highest BCUT2D eigenvalue weighted by atomic mass is 127. The van der Waals surface area contributed by atoms with E-state index in [9.17, 15) is 5.11 Å². The van der Waals surface area contributed by atoms with E-state index in [1.165, 1.54) is 6.42 Å². The number of rotatable bonds is 4. The van der Waals surface area contributed by atoms with Crippen molar-refractivity contribution in [3.8, 4) is 5.75 Å². The number of ether oxygens (including phenoxy) is 1. The molecule has 1 aromatic heterocycles. The molecule has 3 aliphatic heterocycles. The molecule has 1 N–H and O–H groups in total. The van der Waals surface area contributed by atoms with E-state index in [1.807, 2.05) is 24.3 Å². The van der Waals surface area contributed by atoms with Gasteiger partial charge in [0.2, 0.25) is 0 Å². The Hall–Kier alpha value is -1.18. The number of hydrogen-bond acceptors (Lipinski definition) is 3. The largest absolute Gasteiger partial charge is 1.00 e. The highest BCUT2D eigenvalue weighted by molar-refractivity contribution is 5.83. The molecule has 0 aliphatic carbocycles. The summed E-state index contributed by atoms with van der Waals surface area (Å²) in [5.74, 6) is 2.03. The summed E-state index contributed by atoms with van der Waals surface area (Å²) < 4.78 is 6.31. The van der Waals surface area contributed by atoms with Gasteiger partial charge < -0.3 is 38.3 Å². The van der Waals surface area contributed by atoms with Gasteiger partial charge in [0, 0.05) is 30.3 Å². The average molecular weight is 466 g/mol. The van der Waals surface area contributed by atoms with E-state index in [1.54, 1.807) is 13.3 Å². The minimum atomic E-state index is -0.490. The summed E-state index contributed by atoms with van der Waals surface area (Å²) in [4.78, 5) is 4.45. The molecular weight excluding hydrogens is 439 g/mol. The van der Waals surface area contributed by atoms with Crippen LogP contribution in [0.1, 0.15) is 24.5 Å². The van der Waals surface area contributed by atoms with Crippen LogP contribution in [0.2, 0.25) is 0 Å². The first-order valence-electron chi connectivity index (χ1n) is 9.13. The summed E-state index contributed by atoms with van der Waals surface area (Å²) in [5.41, 5.74) is 1.87. The standard InChI is InChI=1S/C21H27N2O2.HI/c1-4-14-13-23(2)10-8-15(14)11-20(23)21(24)17-7-9-22-19-6-5-16(25-3)12-18(17)19;/h4-7,9,12,14-15,20-21,24H,1,8,10-11,13H2,2-3H3;1H/q+1;/p-1/t14-,15-,20+,21-,23-;/m0./s1. The number of methoxy groups -OCH3 is 1. The number of aromatic nitrogens is 1. The number of halogens is 1. The summed E-state index contributed by atoms with van der Waals surface area (Å²) in [7, 11) is 3.96. The Morgan fingerprint density at radius 2 is 2.19 bits per heavy atom. The molecule has 0 amide bonds. The van der Waals surface area contributed by atoms with Crippen molar-refractivity contribution in [1.82, 2.24) is 4.98 Å². The Morgan fingerprint density at radius 3 is 2.88 bits per heavy atom. The third kappa shape index (κ3) is 3.14. The molecule has 0 spiro atoms. The number of aliphatic hydroxyl groups is 1. The number of benzene rings is 1. The highest BCUT2D eigenvalue weighted by Gasteiger charge is 2.51. The number of likely N-dealkylation sites (N-methyl/N-ethyl adjacent to an activating group) is 1. The topological polar surface area (TPSA) is 42.4 Å². The van der Waals surface area contributed by atoms with Gasteiger partial charge in [0.15, 0.2) is 0 Å². The number of pyridine rings is 1. The second-order valence-corrected chi connectivity index (χ2v) is 7.87. The Bertz CT molecular complexity index is 812. The van der Waals surface area contributed by atoms with Crippen LogP contribution in [0.15, 0.2) is 43.1 Å². The van der Waals surface area contributed by atoms with Crippen LogP contribution < -0.4 is 28.7 Å². The van der Waals surface area contributed by atoms with Crippen LogP contribution in [0.5, 0.6) is 5.75 Å². The maximum Gasteiger partial charge on any atom is 0.131 e. The summed E-state index contributed by atoms with van der Waals surface area (Å²) >= 11 is 0. The fourth-order valence-electron chi connectivity index (χ4n) is 5.03. The van der Waals surface area contributed by atoms with E-state index in [0.717, 1.165) is 46.2 Å². The number of aliphatic hydroxyl groups excluding tert-OH is 1. The molecule has 1 aromatic carbocycles. The van der Waals surface area contributed by atoms with Crippen molar-refractivity contribution >= 4 is 10.9 Å². The molecule has 2 aromatic rings. The first kappa shape index (κ1) is 19.6. The fourth-order valence-corrected chi connectivity index (χ4v) is 5.03. The molecule has 4 heterocycles. The maximum atomic E-state index is 11.3. The van der Waals surface area contributed by atoms with Gasteiger partial charge in [-0.3, -0.25) is 4.98 Å². The molecular formula is C21H27IN2O2. The molecule has 0 unspecified atom stereocenters. The normalized spacial score (nSPS) is 31.3. The van der Waals surface area contributed by atoms with Crippen molar-refractivity contribution in [3.63, 3.8) is 0 Å². The monoisotopic (exact) mass is 466 g/mol. The Labute approximate surface area is 172 Å². The van der Waals surface area contributed by atoms with Gasteiger partial charge in [0.25, 0.3) is 0 Å². The lowest BCUT2D eigenvalue weighted by atomic mass is 9.72. The quantitative estimate of drug-likeness (QED) is 0.401. The van der Waals surface area contributed by atoms with Gasteiger partial charge in [-0.2, -0.15) is 0 Å². The van der Waals surface area contributed by atoms with Crippen LogP contribution >= 0.6 is 0 Å². The van der Waals surface area contributed by atoms with Gasteiger partial charge in [-0.1, -0.05) is 6.08 Å². The smallest absolute Gasteiger partial charge is 0.131 e. The molecule has 140 valence electrons. The third-order valence-electron chi connectivity index (χ3n) is 6.56. The molecule has 5 rings (SSSR count). The van der Waals surface area contributed by atoms with Gasteiger partial charge in [0.05, 0.1) is 32.8 Å². The number of quaternary nitrogens is 1. The number of nitrogens with zero attached hydrogens (tertiary/aromatic N) is 2. The van der Waals surface area contributed by atoms with E-state index in [-0.39, 0.29) is 30.0 Å². The predicted molar refractivity (Wildman–Crippen MR) is 99.4 cm³/mol. The molecule has 5 heteroatoms. The zero-order valence-corrected chi connectivity index (χ0v) is 17.6. The molecule has 0 radical (unpaired) electrons. The second-order valence-electron chi connectivity index (χ2n) is 7.87. The van der Waals surface area contributed by atoms with Gasteiger partial charge in [0.1, 0.15) is 17.9 Å². The van der Waals surface area contributed by atoms with Crippen molar-refractivity contribution in [2.75, 3.05) is 27.2 Å². The summed E-state index contributed by atoms with van der Waals surface area (Å²) in [6.45, 7) is 6.26. The second kappa shape index (κ2) is 7.44. The number of piperidine rings is 3. The van der Waals surface area contributed by atoms with E-state index in [4.69, 9.17) is 4.74 Å². The SMILES string of the molecule is C=C[C@H]1C[N@+]2(C)CC[C@H]1C[C@@H]2[C@@H](O)c1ccnc2ccc(OC)cc12.[I-]. The fraction of sp³-hybridized carbons (Fsp3) is 0.476. The van der Waals surface area contributed by atoms with E-state index >= 15 is 0 Å². The van der Waals surface area contributed by atoms with Gasteiger partial charge in [-0.05, 0) is 35.7 Å². The molecule has 0 saturated carbocycles. The van der Waals surface area contributed by atoms with Crippen LogP contribution in [0.4, 0.5) is 0 Å². The van der Waals surface area contributed by atoms with Gasteiger partial charge >= 0.3 is 0 Å². The number of hydrogen-bond donors (Lipinski definition) is 1.